The summed E-state index contributed by atoms with van der Waals surface area (Å²) in [6.45, 7) is 6.25. The highest BCUT2D eigenvalue weighted by atomic mass is 32.2. The van der Waals surface area contributed by atoms with Crippen molar-refractivity contribution in [2.75, 3.05) is 5.32 Å². The number of sulfonamides is 1. The van der Waals surface area contributed by atoms with Gasteiger partial charge in [-0.15, -0.1) is 0 Å². The fourth-order valence-electron chi connectivity index (χ4n) is 1.19. The Hall–Kier alpha value is -1.07. The van der Waals surface area contributed by atoms with E-state index in [0.29, 0.717) is 5.92 Å². The van der Waals surface area contributed by atoms with E-state index in [0.717, 1.165) is 5.69 Å². The zero-order chi connectivity index (χ0) is 12.3. The van der Waals surface area contributed by atoms with Crippen molar-refractivity contribution in [1.29, 1.82) is 0 Å². The molecule has 1 aromatic rings. The Bertz CT molecular complexity index is 455. The maximum absolute atomic E-state index is 11.2. The Labute approximate surface area is 96.9 Å². The Morgan fingerprint density at radius 1 is 1.25 bits per heavy atom. The van der Waals surface area contributed by atoms with Crippen molar-refractivity contribution in [3.63, 3.8) is 0 Å². The van der Waals surface area contributed by atoms with Gasteiger partial charge in [-0.1, -0.05) is 19.9 Å². The summed E-state index contributed by atoms with van der Waals surface area (Å²) in [6.07, 6.45) is 0. The van der Waals surface area contributed by atoms with Gasteiger partial charge in [0.1, 0.15) is 0 Å². The van der Waals surface area contributed by atoms with E-state index >= 15 is 0 Å². The number of hydrogen-bond acceptors (Lipinski definition) is 3. The highest BCUT2D eigenvalue weighted by Crippen LogP contribution is 2.16. The summed E-state index contributed by atoms with van der Waals surface area (Å²) in [5.41, 5.74) is 0.771. The number of nitrogens with one attached hydrogen (secondary N) is 1. The predicted molar refractivity (Wildman–Crippen MR) is 65.7 cm³/mol. The average molecular weight is 242 g/mol. The normalized spacial score (nSPS) is 13.8. The minimum absolute atomic E-state index is 0.133. The quantitative estimate of drug-likeness (QED) is 0.845. The SMILES string of the molecule is CC(C)C(C)Nc1cccc(S(N)(=O)=O)c1. The predicted octanol–water partition coefficient (Wildman–Crippen LogP) is 1.79. The molecule has 0 radical (unpaired) electrons. The molecule has 16 heavy (non-hydrogen) atoms. The van der Waals surface area contributed by atoms with Crippen LogP contribution in [-0.4, -0.2) is 14.5 Å². The molecule has 90 valence electrons. The van der Waals surface area contributed by atoms with Gasteiger partial charge in [-0.25, -0.2) is 13.6 Å². The van der Waals surface area contributed by atoms with Crippen LogP contribution >= 0.6 is 0 Å². The molecule has 0 spiro atoms. The van der Waals surface area contributed by atoms with Crippen LogP contribution in [0.1, 0.15) is 20.8 Å². The first-order chi connectivity index (χ1) is 7.30. The van der Waals surface area contributed by atoms with E-state index in [-0.39, 0.29) is 10.9 Å². The van der Waals surface area contributed by atoms with Gasteiger partial charge in [0, 0.05) is 11.7 Å². The third kappa shape index (κ3) is 3.50. The van der Waals surface area contributed by atoms with Gasteiger partial charge in [0.25, 0.3) is 0 Å². The van der Waals surface area contributed by atoms with Crippen molar-refractivity contribution in [3.05, 3.63) is 24.3 Å². The summed E-state index contributed by atoms with van der Waals surface area (Å²) in [5, 5.41) is 8.29. The van der Waals surface area contributed by atoms with Crippen molar-refractivity contribution in [2.24, 2.45) is 11.1 Å². The van der Waals surface area contributed by atoms with Gasteiger partial charge in [0.2, 0.25) is 10.0 Å². The lowest BCUT2D eigenvalue weighted by molar-refractivity contribution is 0.560. The molecule has 0 bridgehead atoms. The van der Waals surface area contributed by atoms with Gasteiger partial charge >= 0.3 is 0 Å². The van der Waals surface area contributed by atoms with Crippen molar-refractivity contribution >= 4 is 15.7 Å². The molecule has 0 amide bonds. The van der Waals surface area contributed by atoms with E-state index in [4.69, 9.17) is 5.14 Å². The molecular formula is C11H18N2O2S. The molecule has 0 aromatic heterocycles. The first-order valence-corrected chi connectivity index (χ1v) is 6.74. The number of nitrogens with two attached hydrogens (primary N) is 1. The number of hydrogen-bond donors (Lipinski definition) is 2. The van der Waals surface area contributed by atoms with E-state index in [9.17, 15) is 8.42 Å². The monoisotopic (exact) mass is 242 g/mol. The third-order valence-electron chi connectivity index (χ3n) is 2.56. The molecule has 1 atom stereocenters. The molecule has 0 saturated carbocycles. The lowest BCUT2D eigenvalue weighted by atomic mass is 10.1. The second-order valence-electron chi connectivity index (χ2n) is 4.25. The van der Waals surface area contributed by atoms with Crippen molar-refractivity contribution in [3.8, 4) is 0 Å². The van der Waals surface area contributed by atoms with Crippen LogP contribution in [0.15, 0.2) is 29.2 Å². The van der Waals surface area contributed by atoms with Crippen molar-refractivity contribution < 1.29 is 8.42 Å². The van der Waals surface area contributed by atoms with Crippen molar-refractivity contribution in [2.45, 2.75) is 31.7 Å². The number of anilines is 1. The first kappa shape index (κ1) is 13.0. The van der Waals surface area contributed by atoms with Gasteiger partial charge in [-0.05, 0) is 31.0 Å². The third-order valence-corrected chi connectivity index (χ3v) is 3.47. The Kier molecular flexibility index (Phi) is 3.93. The summed E-state index contributed by atoms with van der Waals surface area (Å²) in [7, 11) is -3.62. The summed E-state index contributed by atoms with van der Waals surface area (Å²) in [4.78, 5) is 0.133. The molecule has 0 saturated heterocycles. The lowest BCUT2D eigenvalue weighted by Gasteiger charge is -2.19. The summed E-state index contributed by atoms with van der Waals surface area (Å²) < 4.78 is 22.3. The van der Waals surface area contributed by atoms with E-state index in [1.54, 1.807) is 12.1 Å². The van der Waals surface area contributed by atoms with Crippen LogP contribution in [-0.2, 0) is 10.0 Å². The van der Waals surface area contributed by atoms with Crippen LogP contribution in [0.5, 0.6) is 0 Å². The molecule has 1 unspecified atom stereocenters. The Morgan fingerprint density at radius 2 is 1.88 bits per heavy atom. The van der Waals surface area contributed by atoms with Gasteiger partial charge in [0.05, 0.1) is 4.90 Å². The number of rotatable bonds is 4. The topological polar surface area (TPSA) is 72.2 Å². The maximum Gasteiger partial charge on any atom is 0.238 e. The van der Waals surface area contributed by atoms with E-state index in [1.807, 2.05) is 13.0 Å². The van der Waals surface area contributed by atoms with E-state index < -0.39 is 10.0 Å². The average Bonchev–Trinajstić information content (AvgIpc) is 2.16. The fourth-order valence-corrected chi connectivity index (χ4v) is 1.75. The van der Waals surface area contributed by atoms with Crippen LogP contribution in [0, 0.1) is 5.92 Å². The van der Waals surface area contributed by atoms with Crippen LogP contribution in [0.2, 0.25) is 0 Å². The summed E-state index contributed by atoms with van der Waals surface area (Å²) >= 11 is 0. The molecule has 4 nitrogen and oxygen atoms in total. The Morgan fingerprint density at radius 3 is 2.38 bits per heavy atom. The molecule has 5 heteroatoms. The van der Waals surface area contributed by atoms with Gasteiger partial charge in [0.15, 0.2) is 0 Å². The van der Waals surface area contributed by atoms with Crippen LogP contribution < -0.4 is 10.5 Å². The fraction of sp³-hybridized carbons (Fsp3) is 0.455. The minimum Gasteiger partial charge on any atom is -0.382 e. The molecule has 0 fully saturated rings. The van der Waals surface area contributed by atoms with Crippen LogP contribution in [0.4, 0.5) is 5.69 Å². The number of primary sulfonamides is 1. The molecule has 0 heterocycles. The molecular weight excluding hydrogens is 224 g/mol. The highest BCUT2D eigenvalue weighted by Gasteiger charge is 2.10. The smallest absolute Gasteiger partial charge is 0.238 e. The molecule has 0 aliphatic rings. The standard InChI is InChI=1S/C11H18N2O2S/c1-8(2)9(3)13-10-5-4-6-11(7-10)16(12,14)15/h4-9,13H,1-3H3,(H2,12,14,15). The maximum atomic E-state index is 11.2. The van der Waals surface area contributed by atoms with E-state index in [2.05, 4.69) is 19.2 Å². The zero-order valence-electron chi connectivity index (χ0n) is 9.77. The van der Waals surface area contributed by atoms with Crippen LogP contribution in [0.3, 0.4) is 0 Å². The molecule has 1 rings (SSSR count). The lowest BCUT2D eigenvalue weighted by Crippen LogP contribution is -2.21. The Balaban J connectivity index is 2.92. The van der Waals surface area contributed by atoms with Gasteiger partial charge < -0.3 is 5.32 Å². The first-order valence-electron chi connectivity index (χ1n) is 5.20. The molecule has 0 aliphatic heterocycles. The van der Waals surface area contributed by atoms with Gasteiger partial charge in [-0.2, -0.15) is 0 Å². The highest BCUT2D eigenvalue weighted by molar-refractivity contribution is 7.89. The second-order valence-corrected chi connectivity index (χ2v) is 5.81. The largest absolute Gasteiger partial charge is 0.382 e. The minimum atomic E-state index is -3.62. The molecule has 0 aliphatic carbocycles. The molecule has 3 N–H and O–H groups in total. The summed E-state index contributed by atoms with van der Waals surface area (Å²) in [6, 6.07) is 6.81. The summed E-state index contributed by atoms with van der Waals surface area (Å²) in [5.74, 6) is 0.470. The van der Waals surface area contributed by atoms with E-state index in [1.165, 1.54) is 6.07 Å². The van der Waals surface area contributed by atoms with Crippen molar-refractivity contribution in [1.82, 2.24) is 0 Å². The molecule has 1 aromatic carbocycles. The zero-order valence-corrected chi connectivity index (χ0v) is 10.6. The van der Waals surface area contributed by atoms with Gasteiger partial charge in [-0.3, -0.25) is 0 Å². The number of benzene rings is 1. The van der Waals surface area contributed by atoms with Crippen LogP contribution in [0.25, 0.3) is 0 Å². The second kappa shape index (κ2) is 4.84.